The number of rotatable bonds is 7. The molecule has 0 spiro atoms. The van der Waals surface area contributed by atoms with Gasteiger partial charge in [-0.05, 0) is 49.4 Å². The molecule has 1 aliphatic heterocycles. The highest BCUT2D eigenvalue weighted by Gasteiger charge is 2.17. The number of thiocarbonyl (C=S) groups is 1. The van der Waals surface area contributed by atoms with Crippen molar-refractivity contribution in [2.75, 3.05) is 44.8 Å². The van der Waals surface area contributed by atoms with Crippen molar-refractivity contribution in [1.82, 2.24) is 4.90 Å². The Kier molecular flexibility index (Phi) is 7.69. The summed E-state index contributed by atoms with van der Waals surface area (Å²) >= 11 is 11.5. The number of carbonyl (C=O) groups excluding carboxylic acids is 1. The molecule has 1 fully saturated rings. The Balaban J connectivity index is 1.64. The number of hydrogen-bond donors (Lipinski definition) is 1. The third kappa shape index (κ3) is 6.06. The lowest BCUT2D eigenvalue weighted by molar-refractivity contribution is -0.118. The maximum absolute atomic E-state index is 12.2. The van der Waals surface area contributed by atoms with Gasteiger partial charge < -0.3 is 24.4 Å². The van der Waals surface area contributed by atoms with Gasteiger partial charge in [0.25, 0.3) is 5.91 Å². The zero-order valence-electron chi connectivity index (χ0n) is 16.2. The Bertz CT molecular complexity index is 854. The molecule has 8 heteroatoms. The van der Waals surface area contributed by atoms with Crippen LogP contribution in [0.15, 0.2) is 42.5 Å². The molecule has 0 aromatic heterocycles. The van der Waals surface area contributed by atoms with E-state index in [1.807, 2.05) is 19.1 Å². The maximum Gasteiger partial charge on any atom is 0.262 e. The Morgan fingerprint density at radius 1 is 1.14 bits per heavy atom. The van der Waals surface area contributed by atoms with Crippen LogP contribution in [0.5, 0.6) is 11.5 Å². The molecule has 0 saturated carbocycles. The van der Waals surface area contributed by atoms with E-state index >= 15 is 0 Å². The van der Waals surface area contributed by atoms with Crippen LogP contribution in [0.25, 0.3) is 0 Å². The van der Waals surface area contributed by atoms with Crippen molar-refractivity contribution in [1.29, 1.82) is 0 Å². The molecule has 0 unspecified atom stereocenters. The second-order valence-corrected chi connectivity index (χ2v) is 7.17. The first-order valence-electron chi connectivity index (χ1n) is 9.39. The number of nitrogens with one attached hydrogen (secondary N) is 1. The van der Waals surface area contributed by atoms with Crippen LogP contribution in [0.4, 0.5) is 5.69 Å². The van der Waals surface area contributed by atoms with Gasteiger partial charge in [0.15, 0.2) is 18.1 Å². The maximum atomic E-state index is 12.2. The van der Waals surface area contributed by atoms with Gasteiger partial charge in [0, 0.05) is 29.4 Å². The molecule has 2 aromatic rings. The van der Waals surface area contributed by atoms with Crippen LogP contribution in [-0.4, -0.2) is 55.3 Å². The van der Waals surface area contributed by atoms with E-state index in [-0.39, 0.29) is 12.5 Å². The highest BCUT2D eigenvalue weighted by Crippen LogP contribution is 2.29. The van der Waals surface area contributed by atoms with Crippen molar-refractivity contribution in [3.05, 3.63) is 53.1 Å². The predicted octanol–water partition coefficient (Wildman–Crippen LogP) is 3.76. The molecule has 6 nitrogen and oxygen atoms in total. The molecule has 0 aliphatic carbocycles. The van der Waals surface area contributed by atoms with Crippen molar-refractivity contribution in [2.24, 2.45) is 0 Å². The number of amides is 1. The average Bonchev–Trinajstić information content (AvgIpc) is 2.75. The average molecular weight is 435 g/mol. The quantitative estimate of drug-likeness (QED) is 0.669. The molecular weight excluding hydrogens is 412 g/mol. The van der Waals surface area contributed by atoms with Gasteiger partial charge in [-0.25, -0.2) is 0 Å². The Morgan fingerprint density at radius 3 is 2.55 bits per heavy atom. The molecular formula is C21H23ClN2O4S. The summed E-state index contributed by atoms with van der Waals surface area (Å²) < 4.78 is 16.8. The standard InChI is InChI=1S/C21H23ClN2O4S/c1-2-27-19-13-15(21(29)24-9-11-26-12-10-24)3-8-18(19)28-14-20(25)23-17-6-4-16(22)5-7-17/h3-8,13H,2,9-12,14H2,1H3,(H,23,25). The van der Waals surface area contributed by atoms with Gasteiger partial charge in [-0.3, -0.25) is 4.79 Å². The molecule has 0 atom stereocenters. The second-order valence-electron chi connectivity index (χ2n) is 6.34. The van der Waals surface area contributed by atoms with Gasteiger partial charge in [0.2, 0.25) is 0 Å². The van der Waals surface area contributed by atoms with E-state index in [1.165, 1.54) is 0 Å². The van der Waals surface area contributed by atoms with Gasteiger partial charge in [-0.1, -0.05) is 23.8 Å². The van der Waals surface area contributed by atoms with E-state index in [1.54, 1.807) is 30.3 Å². The number of anilines is 1. The second kappa shape index (κ2) is 10.4. The molecule has 29 heavy (non-hydrogen) atoms. The smallest absolute Gasteiger partial charge is 0.262 e. The highest BCUT2D eigenvalue weighted by atomic mass is 35.5. The molecule has 1 heterocycles. The number of morpholine rings is 1. The molecule has 0 bridgehead atoms. The van der Waals surface area contributed by atoms with E-state index in [0.29, 0.717) is 42.0 Å². The molecule has 0 radical (unpaired) electrons. The highest BCUT2D eigenvalue weighted by molar-refractivity contribution is 7.80. The van der Waals surface area contributed by atoms with Crippen LogP contribution in [0.1, 0.15) is 12.5 Å². The number of carbonyl (C=O) groups is 1. The molecule has 2 aromatic carbocycles. The van der Waals surface area contributed by atoms with Crippen LogP contribution in [0.3, 0.4) is 0 Å². The zero-order chi connectivity index (χ0) is 20.6. The van der Waals surface area contributed by atoms with Gasteiger partial charge >= 0.3 is 0 Å². The first-order valence-corrected chi connectivity index (χ1v) is 10.2. The van der Waals surface area contributed by atoms with E-state index in [0.717, 1.165) is 23.6 Å². The number of halogens is 1. The lowest BCUT2D eigenvalue weighted by Gasteiger charge is -2.29. The van der Waals surface area contributed by atoms with Crippen LogP contribution in [0, 0.1) is 0 Å². The Labute approximate surface area is 180 Å². The number of ether oxygens (including phenoxy) is 3. The zero-order valence-corrected chi connectivity index (χ0v) is 17.7. The van der Waals surface area contributed by atoms with Crippen LogP contribution >= 0.6 is 23.8 Å². The van der Waals surface area contributed by atoms with Gasteiger partial charge in [0.1, 0.15) is 4.99 Å². The monoisotopic (exact) mass is 434 g/mol. The minimum atomic E-state index is -0.275. The SMILES string of the molecule is CCOc1cc(C(=S)N2CCOCC2)ccc1OCC(=O)Nc1ccc(Cl)cc1. The van der Waals surface area contributed by atoms with Crippen LogP contribution in [-0.2, 0) is 9.53 Å². The van der Waals surface area contributed by atoms with Crippen LogP contribution < -0.4 is 14.8 Å². The lowest BCUT2D eigenvalue weighted by Crippen LogP contribution is -2.40. The van der Waals surface area contributed by atoms with E-state index in [9.17, 15) is 4.79 Å². The molecule has 1 saturated heterocycles. The molecule has 154 valence electrons. The van der Waals surface area contributed by atoms with E-state index < -0.39 is 0 Å². The first kappa shape index (κ1) is 21.4. The number of nitrogens with zero attached hydrogens (tertiary/aromatic N) is 1. The summed E-state index contributed by atoms with van der Waals surface area (Å²) in [5, 5.41) is 3.37. The van der Waals surface area contributed by atoms with Crippen molar-refractivity contribution < 1.29 is 19.0 Å². The van der Waals surface area contributed by atoms with Gasteiger partial charge in [-0.15, -0.1) is 0 Å². The fourth-order valence-electron chi connectivity index (χ4n) is 2.85. The van der Waals surface area contributed by atoms with Crippen molar-refractivity contribution in [3.63, 3.8) is 0 Å². The molecule has 1 aliphatic rings. The summed E-state index contributed by atoms with van der Waals surface area (Å²) in [5.74, 6) is 0.772. The Morgan fingerprint density at radius 2 is 1.86 bits per heavy atom. The van der Waals surface area contributed by atoms with Gasteiger partial charge in [0.05, 0.1) is 19.8 Å². The summed E-state index contributed by atoms with van der Waals surface area (Å²) in [5.41, 5.74) is 1.53. The van der Waals surface area contributed by atoms with Crippen molar-refractivity contribution >= 4 is 40.4 Å². The van der Waals surface area contributed by atoms with Crippen LogP contribution in [0.2, 0.25) is 5.02 Å². The van der Waals surface area contributed by atoms with Crippen molar-refractivity contribution in [3.8, 4) is 11.5 Å². The summed E-state index contributed by atoms with van der Waals surface area (Å²) in [6, 6.07) is 12.4. The first-order chi connectivity index (χ1) is 14.1. The van der Waals surface area contributed by atoms with Crippen molar-refractivity contribution in [2.45, 2.75) is 6.92 Å². The Hall–Kier alpha value is -2.35. The third-order valence-corrected chi connectivity index (χ3v) is 5.02. The summed E-state index contributed by atoms with van der Waals surface area (Å²) in [6.07, 6.45) is 0. The largest absolute Gasteiger partial charge is 0.490 e. The molecule has 3 rings (SSSR count). The fraction of sp³-hybridized carbons (Fsp3) is 0.333. The molecule has 1 N–H and O–H groups in total. The minimum Gasteiger partial charge on any atom is -0.490 e. The minimum absolute atomic E-state index is 0.143. The topological polar surface area (TPSA) is 60.0 Å². The lowest BCUT2D eigenvalue weighted by atomic mass is 10.1. The molecule has 1 amide bonds. The fourth-order valence-corrected chi connectivity index (χ4v) is 3.29. The summed E-state index contributed by atoms with van der Waals surface area (Å²) in [4.78, 5) is 15.0. The van der Waals surface area contributed by atoms with E-state index in [4.69, 9.17) is 38.0 Å². The summed E-state index contributed by atoms with van der Waals surface area (Å²) in [6.45, 7) is 5.10. The number of hydrogen-bond acceptors (Lipinski definition) is 5. The van der Waals surface area contributed by atoms with Gasteiger partial charge in [-0.2, -0.15) is 0 Å². The predicted molar refractivity (Wildman–Crippen MR) is 117 cm³/mol. The number of benzene rings is 2. The van der Waals surface area contributed by atoms with E-state index in [2.05, 4.69) is 10.2 Å². The summed E-state index contributed by atoms with van der Waals surface area (Å²) in [7, 11) is 0. The third-order valence-electron chi connectivity index (χ3n) is 4.28. The normalized spacial score (nSPS) is 13.7.